The summed E-state index contributed by atoms with van der Waals surface area (Å²) in [6.45, 7) is 3.67. The fraction of sp³-hybridized carbons (Fsp3) is 0.133. The number of nitrogens with zero attached hydrogens (tertiary/aromatic N) is 3. The lowest BCUT2D eigenvalue weighted by Crippen LogP contribution is -1.98. The van der Waals surface area contributed by atoms with Crippen molar-refractivity contribution in [3.8, 4) is 28.6 Å². The summed E-state index contributed by atoms with van der Waals surface area (Å²) in [5.41, 5.74) is 8.14. The van der Waals surface area contributed by atoms with Gasteiger partial charge in [0, 0.05) is 5.56 Å². The number of aryl methyl sites for hydroxylation is 2. The zero-order valence-electron chi connectivity index (χ0n) is 12.0. The average molecular weight is 317 g/mol. The highest BCUT2D eigenvalue weighted by Crippen LogP contribution is 2.33. The number of hydrogen-bond acceptors (Lipinski definition) is 6. The SMILES string of the molecule is Cc1nc(-c2nc(N)cnc2-c2ccc(O)c(Cl)c2)oc1C. The monoisotopic (exact) mass is 316 g/mol. The minimum Gasteiger partial charge on any atom is -0.506 e. The van der Waals surface area contributed by atoms with E-state index in [0.717, 1.165) is 5.69 Å². The minimum absolute atomic E-state index is 0.00168. The fourth-order valence-corrected chi connectivity index (χ4v) is 2.17. The number of nitrogens with two attached hydrogens (primary N) is 1. The van der Waals surface area contributed by atoms with Gasteiger partial charge in [-0.05, 0) is 32.0 Å². The summed E-state index contributed by atoms with van der Waals surface area (Å²) < 4.78 is 5.62. The van der Waals surface area contributed by atoms with E-state index in [-0.39, 0.29) is 16.6 Å². The van der Waals surface area contributed by atoms with E-state index < -0.39 is 0 Å². The van der Waals surface area contributed by atoms with Crippen LogP contribution in [0.2, 0.25) is 5.02 Å². The summed E-state index contributed by atoms with van der Waals surface area (Å²) in [4.78, 5) is 12.9. The van der Waals surface area contributed by atoms with Crippen molar-refractivity contribution >= 4 is 17.4 Å². The highest BCUT2D eigenvalue weighted by Gasteiger charge is 2.18. The standard InChI is InChI=1S/C15H13ClN4O2/c1-7-8(2)22-15(19-7)14-13(18-6-12(17)20-14)9-3-4-11(21)10(16)5-9/h3-6,21H,1-2H3,(H2,17,20). The predicted octanol–water partition coefficient (Wildman–Crippen LogP) is 3.36. The summed E-state index contributed by atoms with van der Waals surface area (Å²) in [5, 5.41) is 9.77. The number of rotatable bonds is 2. The summed E-state index contributed by atoms with van der Waals surface area (Å²) in [6.07, 6.45) is 1.45. The van der Waals surface area contributed by atoms with Crippen LogP contribution in [-0.2, 0) is 0 Å². The molecule has 0 aliphatic carbocycles. The molecule has 0 atom stereocenters. The molecule has 7 heteroatoms. The van der Waals surface area contributed by atoms with E-state index in [9.17, 15) is 5.11 Å². The number of anilines is 1. The second-order valence-corrected chi connectivity index (χ2v) is 5.23. The number of halogens is 1. The summed E-state index contributed by atoms with van der Waals surface area (Å²) in [5.74, 6) is 1.30. The molecule has 6 nitrogen and oxygen atoms in total. The van der Waals surface area contributed by atoms with Gasteiger partial charge in [0.2, 0.25) is 5.89 Å². The molecule has 0 unspecified atom stereocenters. The van der Waals surface area contributed by atoms with Gasteiger partial charge in [-0.15, -0.1) is 0 Å². The van der Waals surface area contributed by atoms with Gasteiger partial charge in [-0.25, -0.2) is 15.0 Å². The number of hydrogen-bond donors (Lipinski definition) is 2. The smallest absolute Gasteiger partial charge is 0.247 e. The number of aromatic hydroxyl groups is 1. The van der Waals surface area contributed by atoms with Crippen molar-refractivity contribution < 1.29 is 9.52 Å². The first kappa shape index (κ1) is 14.3. The number of nitrogen functional groups attached to an aromatic ring is 1. The Morgan fingerprint density at radius 3 is 2.59 bits per heavy atom. The Morgan fingerprint density at radius 1 is 1.18 bits per heavy atom. The van der Waals surface area contributed by atoms with Crippen LogP contribution in [-0.4, -0.2) is 20.1 Å². The first-order valence-corrected chi connectivity index (χ1v) is 6.89. The molecule has 3 N–H and O–H groups in total. The zero-order valence-corrected chi connectivity index (χ0v) is 12.7. The second-order valence-electron chi connectivity index (χ2n) is 4.82. The van der Waals surface area contributed by atoms with Crippen LogP contribution in [0.15, 0.2) is 28.8 Å². The lowest BCUT2D eigenvalue weighted by molar-refractivity contribution is 0.475. The van der Waals surface area contributed by atoms with Crippen molar-refractivity contribution in [1.82, 2.24) is 15.0 Å². The first-order chi connectivity index (χ1) is 10.5. The van der Waals surface area contributed by atoms with Crippen LogP contribution in [0.5, 0.6) is 5.75 Å². The molecule has 0 fully saturated rings. The van der Waals surface area contributed by atoms with E-state index in [4.69, 9.17) is 21.8 Å². The minimum atomic E-state index is -0.00168. The third kappa shape index (κ3) is 2.48. The molecule has 2 aromatic heterocycles. The Labute approximate surface area is 131 Å². The van der Waals surface area contributed by atoms with Gasteiger partial charge < -0.3 is 15.3 Å². The van der Waals surface area contributed by atoms with Crippen LogP contribution in [0.25, 0.3) is 22.8 Å². The molecule has 0 radical (unpaired) electrons. The average Bonchev–Trinajstić information content (AvgIpc) is 2.82. The topological polar surface area (TPSA) is 98.1 Å². The van der Waals surface area contributed by atoms with Crippen molar-refractivity contribution in [2.75, 3.05) is 5.73 Å². The van der Waals surface area contributed by atoms with E-state index in [2.05, 4.69) is 15.0 Å². The molecule has 112 valence electrons. The number of aromatic nitrogens is 3. The van der Waals surface area contributed by atoms with Crippen LogP contribution in [0.1, 0.15) is 11.5 Å². The summed E-state index contributed by atoms with van der Waals surface area (Å²) in [7, 11) is 0. The third-order valence-corrected chi connectivity index (χ3v) is 3.55. The third-order valence-electron chi connectivity index (χ3n) is 3.24. The second kappa shape index (κ2) is 5.31. The molecule has 0 saturated heterocycles. The van der Waals surface area contributed by atoms with E-state index >= 15 is 0 Å². The molecule has 2 heterocycles. The molecule has 3 aromatic rings. The summed E-state index contributed by atoms with van der Waals surface area (Å²) in [6, 6.07) is 4.78. The maximum atomic E-state index is 9.54. The van der Waals surface area contributed by atoms with Gasteiger partial charge in [-0.3, -0.25) is 0 Å². The Balaban J connectivity index is 2.21. The Bertz CT molecular complexity index is 841. The number of phenols is 1. The molecule has 22 heavy (non-hydrogen) atoms. The summed E-state index contributed by atoms with van der Waals surface area (Å²) >= 11 is 5.96. The van der Waals surface area contributed by atoms with Crippen LogP contribution in [0.3, 0.4) is 0 Å². The van der Waals surface area contributed by atoms with E-state index in [1.807, 2.05) is 13.8 Å². The molecular formula is C15H13ClN4O2. The number of oxazole rings is 1. The van der Waals surface area contributed by atoms with Crippen molar-refractivity contribution in [2.24, 2.45) is 0 Å². The van der Waals surface area contributed by atoms with Gasteiger partial charge in [0.15, 0.2) is 5.69 Å². The Morgan fingerprint density at radius 2 is 1.95 bits per heavy atom. The van der Waals surface area contributed by atoms with Gasteiger partial charge in [0.1, 0.15) is 23.0 Å². The van der Waals surface area contributed by atoms with Crippen molar-refractivity contribution in [3.63, 3.8) is 0 Å². The van der Waals surface area contributed by atoms with Gasteiger partial charge in [0.25, 0.3) is 0 Å². The largest absolute Gasteiger partial charge is 0.506 e. The maximum absolute atomic E-state index is 9.54. The number of benzene rings is 1. The normalized spacial score (nSPS) is 10.9. The van der Waals surface area contributed by atoms with Gasteiger partial charge in [-0.2, -0.15) is 0 Å². The lowest BCUT2D eigenvalue weighted by atomic mass is 10.1. The first-order valence-electron chi connectivity index (χ1n) is 6.51. The van der Waals surface area contributed by atoms with E-state index in [1.165, 1.54) is 12.3 Å². The Kier molecular flexibility index (Phi) is 3.46. The molecule has 0 aliphatic rings. The van der Waals surface area contributed by atoms with E-state index in [1.54, 1.807) is 12.1 Å². The van der Waals surface area contributed by atoms with Crippen LogP contribution >= 0.6 is 11.6 Å². The highest BCUT2D eigenvalue weighted by molar-refractivity contribution is 6.32. The fourth-order valence-electron chi connectivity index (χ4n) is 1.99. The van der Waals surface area contributed by atoms with Crippen LogP contribution in [0.4, 0.5) is 5.82 Å². The molecule has 0 saturated carbocycles. The molecule has 0 bridgehead atoms. The van der Waals surface area contributed by atoms with E-state index in [0.29, 0.717) is 28.6 Å². The molecule has 3 rings (SSSR count). The van der Waals surface area contributed by atoms with Gasteiger partial charge in [0.05, 0.1) is 16.9 Å². The van der Waals surface area contributed by atoms with Crippen molar-refractivity contribution in [3.05, 3.63) is 40.9 Å². The number of phenolic OH excluding ortho intramolecular Hbond substituents is 1. The van der Waals surface area contributed by atoms with Gasteiger partial charge >= 0.3 is 0 Å². The lowest BCUT2D eigenvalue weighted by Gasteiger charge is -2.07. The van der Waals surface area contributed by atoms with Crippen molar-refractivity contribution in [2.45, 2.75) is 13.8 Å². The van der Waals surface area contributed by atoms with Gasteiger partial charge in [-0.1, -0.05) is 11.6 Å². The van der Waals surface area contributed by atoms with Crippen LogP contribution < -0.4 is 5.73 Å². The molecule has 0 amide bonds. The molecular weight excluding hydrogens is 304 g/mol. The Hall–Kier alpha value is -2.60. The van der Waals surface area contributed by atoms with Crippen LogP contribution in [0, 0.1) is 13.8 Å². The quantitative estimate of drug-likeness (QED) is 0.752. The molecule has 0 aliphatic heterocycles. The predicted molar refractivity (Wildman–Crippen MR) is 83.5 cm³/mol. The molecule has 1 aromatic carbocycles. The zero-order chi connectivity index (χ0) is 15.9. The molecule has 0 spiro atoms. The highest BCUT2D eigenvalue weighted by atomic mass is 35.5. The van der Waals surface area contributed by atoms with Crippen molar-refractivity contribution in [1.29, 1.82) is 0 Å². The maximum Gasteiger partial charge on any atom is 0.247 e.